The SMILES string of the molecule is CC(C)C[C@]1(C)CCN(C(C)C)C1. The number of hydrogen-bond acceptors (Lipinski definition) is 1. The molecule has 1 aliphatic rings. The second-order valence-corrected chi connectivity index (χ2v) is 5.72. The molecule has 78 valence electrons. The van der Waals surface area contributed by atoms with Gasteiger partial charge in [0.15, 0.2) is 0 Å². The van der Waals surface area contributed by atoms with Crippen molar-refractivity contribution in [3.63, 3.8) is 0 Å². The molecule has 1 atom stereocenters. The normalized spacial score (nSPS) is 30.7. The monoisotopic (exact) mass is 183 g/mol. The lowest BCUT2D eigenvalue weighted by molar-refractivity contribution is 0.211. The van der Waals surface area contributed by atoms with Gasteiger partial charge in [0, 0.05) is 12.6 Å². The van der Waals surface area contributed by atoms with Crippen molar-refractivity contribution in [2.45, 2.75) is 53.5 Å². The Morgan fingerprint density at radius 2 is 1.85 bits per heavy atom. The summed E-state index contributed by atoms with van der Waals surface area (Å²) in [6.45, 7) is 14.4. The van der Waals surface area contributed by atoms with Gasteiger partial charge in [0.05, 0.1) is 0 Å². The minimum Gasteiger partial charge on any atom is -0.300 e. The molecule has 0 aromatic rings. The lowest BCUT2D eigenvalue weighted by Crippen LogP contribution is -2.31. The molecule has 0 unspecified atom stereocenters. The molecular formula is C12H25N. The second-order valence-electron chi connectivity index (χ2n) is 5.72. The maximum absolute atomic E-state index is 2.61. The summed E-state index contributed by atoms with van der Waals surface area (Å²) in [5, 5.41) is 0. The molecule has 0 radical (unpaired) electrons. The Morgan fingerprint density at radius 1 is 1.23 bits per heavy atom. The van der Waals surface area contributed by atoms with Gasteiger partial charge in [-0.1, -0.05) is 20.8 Å². The van der Waals surface area contributed by atoms with Crippen molar-refractivity contribution < 1.29 is 0 Å². The van der Waals surface area contributed by atoms with Crippen LogP contribution in [0.1, 0.15) is 47.5 Å². The van der Waals surface area contributed by atoms with Crippen LogP contribution in [0.2, 0.25) is 0 Å². The number of likely N-dealkylation sites (tertiary alicyclic amines) is 1. The Balaban J connectivity index is 2.46. The fourth-order valence-electron chi connectivity index (χ4n) is 2.65. The summed E-state index contributed by atoms with van der Waals surface area (Å²) in [4.78, 5) is 2.61. The summed E-state index contributed by atoms with van der Waals surface area (Å²) in [6, 6.07) is 0.731. The molecule has 0 amide bonds. The molecule has 1 heteroatoms. The van der Waals surface area contributed by atoms with Crippen molar-refractivity contribution in [1.82, 2.24) is 4.90 Å². The highest BCUT2D eigenvalue weighted by atomic mass is 15.2. The van der Waals surface area contributed by atoms with Crippen LogP contribution in [-0.4, -0.2) is 24.0 Å². The lowest BCUT2D eigenvalue weighted by Gasteiger charge is -2.28. The van der Waals surface area contributed by atoms with Crippen LogP contribution in [0.4, 0.5) is 0 Å². The summed E-state index contributed by atoms with van der Waals surface area (Å²) in [7, 11) is 0. The zero-order valence-corrected chi connectivity index (χ0v) is 9.93. The van der Waals surface area contributed by atoms with Gasteiger partial charge in [0.2, 0.25) is 0 Å². The van der Waals surface area contributed by atoms with Crippen molar-refractivity contribution in [3.05, 3.63) is 0 Å². The molecule has 0 aromatic carbocycles. The van der Waals surface area contributed by atoms with Crippen LogP contribution in [0.5, 0.6) is 0 Å². The molecule has 1 rings (SSSR count). The Morgan fingerprint density at radius 3 is 2.23 bits per heavy atom. The third kappa shape index (κ3) is 2.98. The van der Waals surface area contributed by atoms with E-state index < -0.39 is 0 Å². The van der Waals surface area contributed by atoms with Gasteiger partial charge in [-0.15, -0.1) is 0 Å². The van der Waals surface area contributed by atoms with Crippen LogP contribution in [-0.2, 0) is 0 Å². The third-order valence-corrected chi connectivity index (χ3v) is 3.22. The molecule has 0 aliphatic carbocycles. The first-order valence-corrected chi connectivity index (χ1v) is 5.67. The maximum atomic E-state index is 2.61. The smallest absolute Gasteiger partial charge is 0.00388 e. The van der Waals surface area contributed by atoms with Crippen molar-refractivity contribution in [2.24, 2.45) is 11.3 Å². The van der Waals surface area contributed by atoms with Gasteiger partial charge in [-0.05, 0) is 44.6 Å². The summed E-state index contributed by atoms with van der Waals surface area (Å²) in [5.74, 6) is 0.845. The van der Waals surface area contributed by atoms with Crippen molar-refractivity contribution in [2.75, 3.05) is 13.1 Å². The number of rotatable bonds is 3. The topological polar surface area (TPSA) is 3.24 Å². The van der Waals surface area contributed by atoms with Gasteiger partial charge in [-0.2, -0.15) is 0 Å². The molecule has 0 aromatic heterocycles. The zero-order chi connectivity index (χ0) is 10.1. The Labute approximate surface area is 83.5 Å². The van der Waals surface area contributed by atoms with E-state index in [9.17, 15) is 0 Å². The predicted molar refractivity (Wildman–Crippen MR) is 58.9 cm³/mol. The van der Waals surface area contributed by atoms with E-state index in [2.05, 4.69) is 39.5 Å². The minimum atomic E-state index is 0.596. The fraction of sp³-hybridized carbons (Fsp3) is 1.00. The van der Waals surface area contributed by atoms with Crippen LogP contribution in [0, 0.1) is 11.3 Å². The van der Waals surface area contributed by atoms with Crippen molar-refractivity contribution in [1.29, 1.82) is 0 Å². The molecule has 0 spiro atoms. The van der Waals surface area contributed by atoms with E-state index in [-0.39, 0.29) is 0 Å². The van der Waals surface area contributed by atoms with E-state index in [1.54, 1.807) is 0 Å². The van der Waals surface area contributed by atoms with E-state index in [4.69, 9.17) is 0 Å². The van der Waals surface area contributed by atoms with Gasteiger partial charge in [-0.25, -0.2) is 0 Å². The van der Waals surface area contributed by atoms with Crippen LogP contribution in [0.25, 0.3) is 0 Å². The lowest BCUT2D eigenvalue weighted by atomic mass is 9.81. The predicted octanol–water partition coefficient (Wildman–Crippen LogP) is 3.15. The summed E-state index contributed by atoms with van der Waals surface area (Å²) >= 11 is 0. The molecule has 0 bridgehead atoms. The third-order valence-electron chi connectivity index (χ3n) is 3.22. The number of nitrogens with zero attached hydrogens (tertiary/aromatic N) is 1. The summed E-state index contributed by atoms with van der Waals surface area (Å²) in [6.07, 6.45) is 2.78. The molecular weight excluding hydrogens is 158 g/mol. The number of hydrogen-bond donors (Lipinski definition) is 0. The van der Waals surface area contributed by atoms with E-state index in [1.165, 1.54) is 25.9 Å². The van der Waals surface area contributed by atoms with Gasteiger partial charge in [0.1, 0.15) is 0 Å². The Kier molecular flexibility index (Phi) is 3.39. The van der Waals surface area contributed by atoms with Gasteiger partial charge in [0.25, 0.3) is 0 Å². The first kappa shape index (κ1) is 11.0. The van der Waals surface area contributed by atoms with Crippen LogP contribution in [0.15, 0.2) is 0 Å². The average Bonchev–Trinajstić information content (AvgIpc) is 2.29. The molecule has 1 heterocycles. The molecule has 13 heavy (non-hydrogen) atoms. The van der Waals surface area contributed by atoms with Gasteiger partial charge < -0.3 is 4.90 Å². The first-order chi connectivity index (χ1) is 5.93. The highest BCUT2D eigenvalue weighted by Gasteiger charge is 2.34. The average molecular weight is 183 g/mol. The summed E-state index contributed by atoms with van der Waals surface area (Å²) in [5.41, 5.74) is 0.596. The molecule has 1 aliphatic heterocycles. The first-order valence-electron chi connectivity index (χ1n) is 5.67. The molecule has 0 saturated carbocycles. The molecule has 1 nitrogen and oxygen atoms in total. The molecule has 1 fully saturated rings. The highest BCUT2D eigenvalue weighted by molar-refractivity contribution is 4.88. The van der Waals surface area contributed by atoms with Crippen LogP contribution in [0.3, 0.4) is 0 Å². The quantitative estimate of drug-likeness (QED) is 0.649. The summed E-state index contributed by atoms with van der Waals surface area (Å²) < 4.78 is 0. The highest BCUT2D eigenvalue weighted by Crippen LogP contribution is 2.36. The van der Waals surface area contributed by atoms with Crippen LogP contribution >= 0.6 is 0 Å². The van der Waals surface area contributed by atoms with Crippen LogP contribution < -0.4 is 0 Å². The van der Waals surface area contributed by atoms with Crippen molar-refractivity contribution in [3.8, 4) is 0 Å². The van der Waals surface area contributed by atoms with E-state index in [0.717, 1.165) is 12.0 Å². The maximum Gasteiger partial charge on any atom is 0.00388 e. The Hall–Kier alpha value is -0.0400. The standard InChI is InChI=1S/C12H25N/c1-10(2)8-12(5)6-7-13(9-12)11(3)4/h10-11H,6-9H2,1-5H3/t12-/m0/s1. The van der Waals surface area contributed by atoms with Gasteiger partial charge in [-0.3, -0.25) is 0 Å². The van der Waals surface area contributed by atoms with Gasteiger partial charge >= 0.3 is 0 Å². The second kappa shape index (κ2) is 4.00. The molecule has 1 saturated heterocycles. The largest absolute Gasteiger partial charge is 0.300 e. The van der Waals surface area contributed by atoms with E-state index in [1.807, 2.05) is 0 Å². The fourth-order valence-corrected chi connectivity index (χ4v) is 2.65. The van der Waals surface area contributed by atoms with E-state index in [0.29, 0.717) is 5.41 Å². The van der Waals surface area contributed by atoms with E-state index >= 15 is 0 Å². The Bertz CT molecular complexity index is 163. The zero-order valence-electron chi connectivity index (χ0n) is 9.93. The minimum absolute atomic E-state index is 0.596. The van der Waals surface area contributed by atoms with Crippen molar-refractivity contribution >= 4 is 0 Å². The molecule has 0 N–H and O–H groups in total.